The zero-order valence-electron chi connectivity index (χ0n) is 8.71. The van der Waals surface area contributed by atoms with Gasteiger partial charge in [-0.3, -0.25) is 10.1 Å². The van der Waals surface area contributed by atoms with Crippen LogP contribution in [0.3, 0.4) is 0 Å². The van der Waals surface area contributed by atoms with E-state index in [9.17, 15) is 18.5 Å². The van der Waals surface area contributed by atoms with Crippen molar-refractivity contribution < 1.29 is 18.1 Å². The van der Waals surface area contributed by atoms with E-state index >= 15 is 0 Å². The minimum Gasteiger partial charge on any atom is -0.487 e. The van der Waals surface area contributed by atoms with Crippen molar-refractivity contribution in [3.05, 3.63) is 34.4 Å². The zero-order valence-corrected chi connectivity index (χ0v) is 10.3. The summed E-state index contributed by atoms with van der Waals surface area (Å²) in [6, 6.07) is 5.88. The molecular formula is C9H10ClNO5S. The predicted molar refractivity (Wildman–Crippen MR) is 62.8 cm³/mol. The number of benzene rings is 1. The number of nitro benzene ring substituents is 1. The molecule has 0 saturated heterocycles. The number of halogens is 1. The van der Waals surface area contributed by atoms with E-state index in [1.54, 1.807) is 6.07 Å². The standard InChI is InChI=1S/C9H10ClNO5S/c10-17(14,15)7-3-6-16-9-5-2-1-4-8(9)11(12)13/h1-2,4-5H,3,6-7H2. The Morgan fingerprint density at radius 3 is 2.59 bits per heavy atom. The van der Waals surface area contributed by atoms with Gasteiger partial charge in [-0.2, -0.15) is 0 Å². The van der Waals surface area contributed by atoms with Crippen LogP contribution in [-0.2, 0) is 9.05 Å². The van der Waals surface area contributed by atoms with Gasteiger partial charge in [-0.15, -0.1) is 0 Å². The number of hydrogen-bond acceptors (Lipinski definition) is 5. The Hall–Kier alpha value is -1.34. The van der Waals surface area contributed by atoms with Gasteiger partial charge in [0.25, 0.3) is 0 Å². The van der Waals surface area contributed by atoms with Gasteiger partial charge in [0.2, 0.25) is 9.05 Å². The Kier molecular flexibility index (Phi) is 4.71. The molecule has 0 aromatic heterocycles. The average Bonchev–Trinajstić information content (AvgIpc) is 2.23. The summed E-state index contributed by atoms with van der Waals surface area (Å²) in [7, 11) is 1.46. The number of para-hydroxylation sites is 2. The minimum absolute atomic E-state index is 0.0524. The molecule has 0 amide bonds. The number of nitro groups is 1. The fraction of sp³-hybridized carbons (Fsp3) is 0.333. The Labute approximate surface area is 103 Å². The van der Waals surface area contributed by atoms with E-state index in [-0.39, 0.29) is 30.2 Å². The summed E-state index contributed by atoms with van der Waals surface area (Å²) in [5.41, 5.74) is -0.152. The molecule has 6 nitrogen and oxygen atoms in total. The van der Waals surface area contributed by atoms with Gasteiger partial charge < -0.3 is 4.74 Å². The summed E-state index contributed by atoms with van der Waals surface area (Å²) in [6.45, 7) is 0.0524. The molecule has 1 rings (SSSR count). The second-order valence-electron chi connectivity index (χ2n) is 3.17. The molecule has 0 unspecified atom stereocenters. The van der Waals surface area contributed by atoms with Gasteiger partial charge in [-0.1, -0.05) is 12.1 Å². The molecule has 0 heterocycles. The quantitative estimate of drug-likeness (QED) is 0.344. The third kappa shape index (κ3) is 5.01. The van der Waals surface area contributed by atoms with Crippen LogP contribution in [0.15, 0.2) is 24.3 Å². The van der Waals surface area contributed by atoms with Gasteiger partial charge in [0.1, 0.15) is 0 Å². The van der Waals surface area contributed by atoms with Crippen molar-refractivity contribution in [2.45, 2.75) is 6.42 Å². The summed E-state index contributed by atoms with van der Waals surface area (Å²) in [5, 5.41) is 10.6. The van der Waals surface area contributed by atoms with Crippen LogP contribution in [0.1, 0.15) is 6.42 Å². The van der Waals surface area contributed by atoms with E-state index in [0.717, 1.165) is 0 Å². The number of ether oxygens (including phenoxy) is 1. The second-order valence-corrected chi connectivity index (χ2v) is 6.07. The van der Waals surface area contributed by atoms with E-state index in [1.807, 2.05) is 0 Å². The molecule has 0 saturated carbocycles. The molecule has 0 aliphatic heterocycles. The van der Waals surface area contributed by atoms with E-state index in [1.165, 1.54) is 18.2 Å². The molecule has 0 N–H and O–H groups in total. The van der Waals surface area contributed by atoms with Crippen LogP contribution in [-0.4, -0.2) is 25.7 Å². The van der Waals surface area contributed by atoms with Crippen molar-refractivity contribution in [2.24, 2.45) is 0 Å². The summed E-state index contributed by atoms with van der Waals surface area (Å²) < 4.78 is 26.4. The number of nitrogens with zero attached hydrogens (tertiary/aromatic N) is 1. The van der Waals surface area contributed by atoms with Gasteiger partial charge in [0.15, 0.2) is 5.75 Å². The largest absolute Gasteiger partial charge is 0.487 e. The van der Waals surface area contributed by atoms with E-state index in [0.29, 0.717) is 0 Å². The third-order valence-corrected chi connectivity index (χ3v) is 3.09. The molecule has 0 bridgehead atoms. The minimum atomic E-state index is -3.55. The highest BCUT2D eigenvalue weighted by atomic mass is 35.7. The Morgan fingerprint density at radius 2 is 2.00 bits per heavy atom. The van der Waals surface area contributed by atoms with Crippen molar-refractivity contribution in [3.63, 3.8) is 0 Å². The summed E-state index contributed by atoms with van der Waals surface area (Å²) in [4.78, 5) is 10.1. The van der Waals surface area contributed by atoms with Gasteiger partial charge in [-0.25, -0.2) is 8.42 Å². The van der Waals surface area contributed by atoms with Crippen molar-refractivity contribution in [1.82, 2.24) is 0 Å². The number of hydrogen-bond donors (Lipinski definition) is 0. The first-order valence-corrected chi connectivity index (χ1v) is 7.16. The van der Waals surface area contributed by atoms with Gasteiger partial charge in [-0.05, 0) is 12.5 Å². The van der Waals surface area contributed by atoms with Crippen molar-refractivity contribution in [1.29, 1.82) is 0 Å². The monoisotopic (exact) mass is 279 g/mol. The van der Waals surface area contributed by atoms with Crippen LogP contribution in [0.4, 0.5) is 5.69 Å². The molecule has 8 heteroatoms. The van der Waals surface area contributed by atoms with E-state index < -0.39 is 14.0 Å². The lowest BCUT2D eigenvalue weighted by Crippen LogP contribution is -2.05. The van der Waals surface area contributed by atoms with Crippen LogP contribution < -0.4 is 4.74 Å². The summed E-state index contributed by atoms with van der Waals surface area (Å²) >= 11 is 0. The second kappa shape index (κ2) is 5.83. The van der Waals surface area contributed by atoms with Gasteiger partial charge in [0, 0.05) is 16.7 Å². The summed E-state index contributed by atoms with van der Waals surface area (Å²) in [5.74, 6) is -0.112. The van der Waals surface area contributed by atoms with Crippen molar-refractivity contribution in [3.8, 4) is 5.75 Å². The maximum absolute atomic E-state index is 10.6. The molecule has 0 fully saturated rings. The maximum atomic E-state index is 10.6. The SMILES string of the molecule is O=[N+]([O-])c1ccccc1OCCCS(=O)(=O)Cl. The van der Waals surface area contributed by atoms with E-state index in [2.05, 4.69) is 0 Å². The summed E-state index contributed by atoms with van der Waals surface area (Å²) in [6.07, 6.45) is 0.178. The molecule has 94 valence electrons. The third-order valence-electron chi connectivity index (χ3n) is 1.85. The molecule has 0 radical (unpaired) electrons. The maximum Gasteiger partial charge on any atom is 0.310 e. The molecule has 0 aliphatic carbocycles. The number of rotatable bonds is 6. The molecular weight excluding hydrogens is 270 g/mol. The lowest BCUT2D eigenvalue weighted by atomic mass is 10.3. The van der Waals surface area contributed by atoms with Gasteiger partial charge >= 0.3 is 5.69 Å². The highest BCUT2D eigenvalue weighted by Crippen LogP contribution is 2.25. The van der Waals surface area contributed by atoms with Crippen LogP contribution in [0.25, 0.3) is 0 Å². The topological polar surface area (TPSA) is 86.5 Å². The zero-order chi connectivity index (χ0) is 12.9. The molecule has 1 aromatic carbocycles. The highest BCUT2D eigenvalue weighted by molar-refractivity contribution is 8.13. The van der Waals surface area contributed by atoms with Crippen LogP contribution >= 0.6 is 10.7 Å². The first kappa shape index (κ1) is 13.7. The Bertz CT molecular complexity index is 502. The fourth-order valence-electron chi connectivity index (χ4n) is 1.14. The van der Waals surface area contributed by atoms with Crippen molar-refractivity contribution >= 4 is 25.4 Å². The van der Waals surface area contributed by atoms with Crippen molar-refractivity contribution in [2.75, 3.05) is 12.4 Å². The van der Waals surface area contributed by atoms with Gasteiger partial charge in [0.05, 0.1) is 17.3 Å². The lowest BCUT2D eigenvalue weighted by molar-refractivity contribution is -0.385. The van der Waals surface area contributed by atoms with Crippen LogP contribution in [0.5, 0.6) is 5.75 Å². The van der Waals surface area contributed by atoms with E-state index in [4.69, 9.17) is 15.4 Å². The molecule has 0 spiro atoms. The predicted octanol–water partition coefficient (Wildman–Crippen LogP) is 1.93. The Morgan fingerprint density at radius 1 is 1.35 bits per heavy atom. The smallest absolute Gasteiger partial charge is 0.310 e. The fourth-order valence-corrected chi connectivity index (χ4v) is 1.93. The van der Waals surface area contributed by atoms with Crippen LogP contribution in [0.2, 0.25) is 0 Å². The molecule has 0 atom stereocenters. The molecule has 17 heavy (non-hydrogen) atoms. The normalized spacial score (nSPS) is 11.1. The lowest BCUT2D eigenvalue weighted by Gasteiger charge is -2.05. The van der Waals surface area contributed by atoms with Crippen LogP contribution in [0, 0.1) is 10.1 Å². The molecule has 0 aliphatic rings. The Balaban J connectivity index is 2.55. The highest BCUT2D eigenvalue weighted by Gasteiger charge is 2.13. The first-order valence-electron chi connectivity index (χ1n) is 4.69. The first-order chi connectivity index (χ1) is 7.90. The average molecular weight is 280 g/mol. The molecule has 1 aromatic rings.